The Bertz CT molecular complexity index is 863. The lowest BCUT2D eigenvalue weighted by Crippen LogP contribution is -2.34. The number of nitrogens with one attached hydrogen (secondary N) is 1. The summed E-state index contributed by atoms with van der Waals surface area (Å²) < 4.78 is 5.72. The van der Waals surface area contributed by atoms with Crippen molar-refractivity contribution >= 4 is 23.2 Å². The van der Waals surface area contributed by atoms with Gasteiger partial charge in [-0.1, -0.05) is 58.0 Å². The van der Waals surface area contributed by atoms with E-state index in [0.29, 0.717) is 18.9 Å². The molecule has 2 aromatic carbocycles. The number of amides is 2. The number of para-hydroxylation sites is 3. The van der Waals surface area contributed by atoms with Crippen LogP contribution in [0.3, 0.4) is 0 Å². The van der Waals surface area contributed by atoms with Gasteiger partial charge in [0.15, 0.2) is 0 Å². The lowest BCUT2D eigenvalue weighted by atomic mass is 9.92. The monoisotopic (exact) mass is 394 g/mol. The third-order valence-corrected chi connectivity index (χ3v) is 5.19. The van der Waals surface area contributed by atoms with E-state index in [1.807, 2.05) is 42.5 Å². The van der Waals surface area contributed by atoms with E-state index in [-0.39, 0.29) is 30.1 Å². The first-order valence-electron chi connectivity index (χ1n) is 10.3. The first-order chi connectivity index (χ1) is 13.9. The van der Waals surface area contributed by atoms with Crippen molar-refractivity contribution in [1.29, 1.82) is 0 Å². The zero-order valence-electron chi connectivity index (χ0n) is 17.7. The molecule has 0 fully saturated rings. The molecule has 154 valence electrons. The van der Waals surface area contributed by atoms with E-state index in [1.54, 1.807) is 4.90 Å². The van der Waals surface area contributed by atoms with Gasteiger partial charge >= 0.3 is 0 Å². The summed E-state index contributed by atoms with van der Waals surface area (Å²) in [4.78, 5) is 27.5. The molecule has 2 aromatic rings. The van der Waals surface area contributed by atoms with Crippen molar-refractivity contribution in [2.75, 3.05) is 23.4 Å². The van der Waals surface area contributed by atoms with Gasteiger partial charge in [0.2, 0.25) is 11.8 Å². The molecule has 1 heterocycles. The molecule has 0 radical (unpaired) electrons. The highest BCUT2D eigenvalue weighted by atomic mass is 16.5. The van der Waals surface area contributed by atoms with Crippen LogP contribution in [0, 0.1) is 0 Å². The van der Waals surface area contributed by atoms with E-state index in [9.17, 15) is 9.59 Å². The van der Waals surface area contributed by atoms with Crippen molar-refractivity contribution in [2.24, 2.45) is 0 Å². The van der Waals surface area contributed by atoms with Gasteiger partial charge in [-0.25, -0.2) is 0 Å². The van der Waals surface area contributed by atoms with E-state index in [2.05, 4.69) is 33.0 Å². The summed E-state index contributed by atoms with van der Waals surface area (Å²) in [6.45, 7) is 9.53. The van der Waals surface area contributed by atoms with Crippen LogP contribution in [0.5, 0.6) is 5.75 Å². The summed E-state index contributed by atoms with van der Waals surface area (Å²) in [5.41, 5.74) is 3.75. The molecule has 0 spiro atoms. The zero-order chi connectivity index (χ0) is 21.0. The number of carbonyl (C=O) groups excluding carboxylic acids is 2. The second-order valence-corrected chi connectivity index (χ2v) is 8.06. The van der Waals surface area contributed by atoms with Crippen LogP contribution in [0.2, 0.25) is 0 Å². The highest BCUT2D eigenvalue weighted by Crippen LogP contribution is 2.33. The highest BCUT2D eigenvalue weighted by molar-refractivity contribution is 6.10. The Kier molecular flexibility index (Phi) is 6.57. The van der Waals surface area contributed by atoms with E-state index in [4.69, 9.17) is 4.74 Å². The van der Waals surface area contributed by atoms with Crippen LogP contribution in [0.25, 0.3) is 0 Å². The van der Waals surface area contributed by atoms with Crippen LogP contribution in [0.15, 0.2) is 42.5 Å². The first kappa shape index (κ1) is 20.9. The van der Waals surface area contributed by atoms with E-state index in [1.165, 1.54) is 0 Å². The third-order valence-electron chi connectivity index (χ3n) is 5.19. The van der Waals surface area contributed by atoms with Crippen LogP contribution >= 0.6 is 0 Å². The molecule has 29 heavy (non-hydrogen) atoms. The van der Waals surface area contributed by atoms with Crippen molar-refractivity contribution in [3.8, 4) is 5.75 Å². The molecule has 0 unspecified atom stereocenters. The lowest BCUT2D eigenvalue weighted by molar-refractivity contribution is -0.125. The largest absolute Gasteiger partial charge is 0.491 e. The Labute approximate surface area is 173 Å². The van der Waals surface area contributed by atoms with Gasteiger partial charge in [0, 0.05) is 12.2 Å². The maximum atomic E-state index is 13.0. The van der Waals surface area contributed by atoms with Gasteiger partial charge in [0.25, 0.3) is 0 Å². The molecule has 0 saturated heterocycles. The quantitative estimate of drug-likeness (QED) is 0.720. The van der Waals surface area contributed by atoms with E-state index >= 15 is 0 Å². The molecular weight excluding hydrogens is 364 g/mol. The maximum Gasteiger partial charge on any atom is 0.236 e. The third kappa shape index (κ3) is 4.78. The van der Waals surface area contributed by atoms with Crippen molar-refractivity contribution in [1.82, 2.24) is 0 Å². The molecule has 3 rings (SSSR count). The van der Waals surface area contributed by atoms with Gasteiger partial charge in [-0.05, 0) is 41.5 Å². The van der Waals surface area contributed by atoms with Gasteiger partial charge < -0.3 is 15.0 Å². The van der Waals surface area contributed by atoms with Gasteiger partial charge in [0.05, 0.1) is 12.3 Å². The number of nitrogens with zero attached hydrogens (tertiary/aromatic N) is 1. The molecular formula is C24H30N2O3. The standard InChI is InChI=1S/C24H30N2O3/c1-16(2)18-9-7-10-19(17(3)4)24(18)25-22(27)15-23(28)26-13-8-14-29-21-12-6-5-11-20(21)26/h5-7,9-12,16-17H,8,13-15H2,1-4H3,(H,25,27). The summed E-state index contributed by atoms with van der Waals surface area (Å²) in [6.07, 6.45) is 0.536. The number of carbonyl (C=O) groups is 2. The second kappa shape index (κ2) is 9.12. The topological polar surface area (TPSA) is 58.6 Å². The predicted octanol–water partition coefficient (Wildman–Crippen LogP) is 5.08. The molecule has 0 saturated carbocycles. The van der Waals surface area contributed by atoms with E-state index < -0.39 is 0 Å². The van der Waals surface area contributed by atoms with E-state index in [0.717, 1.165) is 28.9 Å². The maximum absolute atomic E-state index is 13.0. The van der Waals surface area contributed by atoms with Crippen molar-refractivity contribution < 1.29 is 14.3 Å². The van der Waals surface area contributed by atoms with Gasteiger partial charge in [0.1, 0.15) is 12.2 Å². The number of fused-ring (bicyclic) bond motifs is 1. The zero-order valence-corrected chi connectivity index (χ0v) is 17.7. The van der Waals surface area contributed by atoms with Gasteiger partial charge in [-0.15, -0.1) is 0 Å². The predicted molar refractivity (Wildman–Crippen MR) is 117 cm³/mol. The normalized spacial score (nSPS) is 13.7. The smallest absolute Gasteiger partial charge is 0.236 e. The minimum absolute atomic E-state index is 0.196. The lowest BCUT2D eigenvalue weighted by Gasteiger charge is -2.23. The number of anilines is 2. The van der Waals surface area contributed by atoms with Crippen LogP contribution in [-0.4, -0.2) is 25.0 Å². The van der Waals surface area contributed by atoms with Crippen LogP contribution < -0.4 is 15.0 Å². The number of benzene rings is 2. The average molecular weight is 395 g/mol. The molecule has 1 N–H and O–H groups in total. The Morgan fingerprint density at radius 2 is 1.66 bits per heavy atom. The average Bonchev–Trinajstić information content (AvgIpc) is 2.90. The number of ether oxygens (including phenoxy) is 1. The number of hydrogen-bond acceptors (Lipinski definition) is 3. The summed E-state index contributed by atoms with van der Waals surface area (Å²) in [5.74, 6) is 0.732. The minimum atomic E-state index is -0.285. The Morgan fingerprint density at radius 3 is 2.31 bits per heavy atom. The van der Waals surface area contributed by atoms with Crippen LogP contribution in [0.1, 0.15) is 63.5 Å². The Hall–Kier alpha value is -2.82. The van der Waals surface area contributed by atoms with Crippen LogP contribution in [-0.2, 0) is 9.59 Å². The first-order valence-corrected chi connectivity index (χ1v) is 10.3. The second-order valence-electron chi connectivity index (χ2n) is 8.06. The van der Waals surface area contributed by atoms with Crippen LogP contribution in [0.4, 0.5) is 11.4 Å². The molecule has 5 heteroatoms. The van der Waals surface area contributed by atoms with Gasteiger partial charge in [-0.3, -0.25) is 9.59 Å². The number of hydrogen-bond donors (Lipinski definition) is 1. The fourth-order valence-electron chi connectivity index (χ4n) is 3.70. The molecule has 0 aliphatic carbocycles. The van der Waals surface area contributed by atoms with Gasteiger partial charge in [-0.2, -0.15) is 0 Å². The molecule has 1 aliphatic rings. The molecule has 0 bridgehead atoms. The SMILES string of the molecule is CC(C)c1cccc(C(C)C)c1NC(=O)CC(=O)N1CCCOc2ccccc21. The fourth-order valence-corrected chi connectivity index (χ4v) is 3.70. The molecule has 5 nitrogen and oxygen atoms in total. The summed E-state index contributed by atoms with van der Waals surface area (Å²) in [6, 6.07) is 13.6. The molecule has 0 aromatic heterocycles. The fraction of sp³-hybridized carbons (Fsp3) is 0.417. The number of rotatable bonds is 5. The summed E-state index contributed by atoms with van der Waals surface area (Å²) in [7, 11) is 0. The Balaban J connectivity index is 1.79. The van der Waals surface area contributed by atoms with Crippen molar-refractivity contribution in [2.45, 2.75) is 52.4 Å². The highest BCUT2D eigenvalue weighted by Gasteiger charge is 2.24. The summed E-state index contributed by atoms with van der Waals surface area (Å²) >= 11 is 0. The Morgan fingerprint density at radius 1 is 1.00 bits per heavy atom. The minimum Gasteiger partial charge on any atom is -0.491 e. The molecule has 1 aliphatic heterocycles. The van der Waals surface area contributed by atoms with Crippen molar-refractivity contribution in [3.63, 3.8) is 0 Å². The molecule has 2 amide bonds. The van der Waals surface area contributed by atoms with Crippen molar-refractivity contribution in [3.05, 3.63) is 53.6 Å². The summed E-state index contributed by atoms with van der Waals surface area (Å²) in [5, 5.41) is 3.03. The molecule has 0 atom stereocenters.